The van der Waals surface area contributed by atoms with Gasteiger partial charge in [0, 0.05) is 6.54 Å². The summed E-state index contributed by atoms with van der Waals surface area (Å²) in [5.74, 6) is -0.307. The summed E-state index contributed by atoms with van der Waals surface area (Å²) in [6.45, 7) is 1.97. The average Bonchev–Trinajstić information content (AvgIpc) is 2.34. The van der Waals surface area contributed by atoms with Crippen molar-refractivity contribution in [1.82, 2.24) is 0 Å². The molecule has 2 nitrogen and oxygen atoms in total. The molecule has 0 amide bonds. The molecule has 2 aromatic carbocycles. The molecule has 2 rings (SSSR count). The largest absolute Gasteiger partial charge is 0.454 e. The van der Waals surface area contributed by atoms with Crippen LogP contribution in [0.15, 0.2) is 36.4 Å². The summed E-state index contributed by atoms with van der Waals surface area (Å²) in [5.41, 5.74) is 6.71. The van der Waals surface area contributed by atoms with Crippen molar-refractivity contribution < 1.29 is 13.5 Å². The summed E-state index contributed by atoms with van der Waals surface area (Å²) in [6.07, 6.45) is 0. The lowest BCUT2D eigenvalue weighted by Gasteiger charge is -2.10. The Kier molecular flexibility index (Phi) is 3.58. The summed E-state index contributed by atoms with van der Waals surface area (Å²) in [6, 6.07) is 8.61. The summed E-state index contributed by atoms with van der Waals surface area (Å²) >= 11 is 0. The van der Waals surface area contributed by atoms with E-state index < -0.39 is 5.82 Å². The molecule has 0 fully saturated rings. The molecule has 0 aliphatic rings. The zero-order valence-corrected chi connectivity index (χ0v) is 9.91. The Balaban J connectivity index is 2.28. The third-order valence-electron chi connectivity index (χ3n) is 2.59. The number of benzene rings is 2. The van der Waals surface area contributed by atoms with Crippen molar-refractivity contribution in [2.24, 2.45) is 5.73 Å². The maximum absolute atomic E-state index is 13.7. The zero-order chi connectivity index (χ0) is 13.1. The third-order valence-corrected chi connectivity index (χ3v) is 2.59. The van der Waals surface area contributed by atoms with Crippen molar-refractivity contribution in [2.75, 3.05) is 0 Å². The highest BCUT2D eigenvalue weighted by Crippen LogP contribution is 2.28. The van der Waals surface area contributed by atoms with E-state index in [1.165, 1.54) is 30.3 Å². The number of halogens is 2. The van der Waals surface area contributed by atoms with Crippen LogP contribution in [0.2, 0.25) is 0 Å². The molecule has 4 heteroatoms. The standard InChI is InChI=1S/C14H13F2NO/c1-9-6-11(15)3-5-13(9)18-14-4-2-10(8-17)7-12(14)16/h2-7H,8,17H2,1H3. The Morgan fingerprint density at radius 1 is 1.06 bits per heavy atom. The average molecular weight is 249 g/mol. The van der Waals surface area contributed by atoms with Crippen LogP contribution in [0.5, 0.6) is 11.5 Å². The van der Waals surface area contributed by atoms with Gasteiger partial charge in [-0.3, -0.25) is 0 Å². The molecule has 18 heavy (non-hydrogen) atoms. The normalized spacial score (nSPS) is 10.4. The number of rotatable bonds is 3. The summed E-state index contributed by atoms with van der Waals surface area (Å²) in [7, 11) is 0. The minimum atomic E-state index is -0.485. The van der Waals surface area contributed by atoms with Gasteiger partial charge in [-0.15, -0.1) is 0 Å². The van der Waals surface area contributed by atoms with E-state index in [-0.39, 0.29) is 18.1 Å². The van der Waals surface area contributed by atoms with Crippen LogP contribution in [0.4, 0.5) is 8.78 Å². The highest BCUT2D eigenvalue weighted by Gasteiger charge is 2.08. The van der Waals surface area contributed by atoms with Crippen molar-refractivity contribution in [2.45, 2.75) is 13.5 Å². The molecule has 0 atom stereocenters. The van der Waals surface area contributed by atoms with Crippen LogP contribution in [0.3, 0.4) is 0 Å². The highest BCUT2D eigenvalue weighted by molar-refractivity contribution is 5.38. The second kappa shape index (κ2) is 5.14. The number of ether oxygens (including phenoxy) is 1. The molecule has 0 aliphatic heterocycles. The Labute approximate surface area is 104 Å². The van der Waals surface area contributed by atoms with Crippen LogP contribution in [-0.2, 0) is 6.54 Å². The van der Waals surface area contributed by atoms with Crippen molar-refractivity contribution in [3.8, 4) is 11.5 Å². The van der Waals surface area contributed by atoms with Gasteiger partial charge in [0.2, 0.25) is 0 Å². The van der Waals surface area contributed by atoms with E-state index >= 15 is 0 Å². The van der Waals surface area contributed by atoms with Crippen molar-refractivity contribution in [1.29, 1.82) is 0 Å². The molecule has 0 unspecified atom stereocenters. The van der Waals surface area contributed by atoms with Crippen LogP contribution >= 0.6 is 0 Å². The first-order valence-electron chi connectivity index (χ1n) is 5.52. The van der Waals surface area contributed by atoms with Crippen molar-refractivity contribution >= 4 is 0 Å². The number of nitrogens with two attached hydrogens (primary N) is 1. The number of hydrogen-bond acceptors (Lipinski definition) is 2. The lowest BCUT2D eigenvalue weighted by molar-refractivity contribution is 0.437. The fourth-order valence-corrected chi connectivity index (χ4v) is 1.60. The van der Waals surface area contributed by atoms with Crippen molar-refractivity contribution in [3.63, 3.8) is 0 Å². The van der Waals surface area contributed by atoms with Gasteiger partial charge in [-0.05, 0) is 48.4 Å². The molecule has 0 saturated heterocycles. The topological polar surface area (TPSA) is 35.2 Å². The Hall–Kier alpha value is -1.94. The lowest BCUT2D eigenvalue weighted by atomic mass is 10.2. The smallest absolute Gasteiger partial charge is 0.166 e. The summed E-state index contributed by atoms with van der Waals surface area (Å²) in [5, 5.41) is 0. The SMILES string of the molecule is Cc1cc(F)ccc1Oc1ccc(CN)cc1F. The van der Waals surface area contributed by atoms with E-state index in [0.717, 1.165) is 0 Å². The summed E-state index contributed by atoms with van der Waals surface area (Å²) < 4.78 is 32.0. The minimum Gasteiger partial charge on any atom is -0.454 e. The van der Waals surface area contributed by atoms with Crippen LogP contribution in [-0.4, -0.2) is 0 Å². The maximum atomic E-state index is 13.7. The van der Waals surface area contributed by atoms with E-state index in [2.05, 4.69) is 0 Å². The molecule has 0 aromatic heterocycles. The van der Waals surface area contributed by atoms with Gasteiger partial charge in [-0.25, -0.2) is 8.78 Å². The number of aryl methyl sites for hydroxylation is 1. The van der Waals surface area contributed by atoms with Crippen molar-refractivity contribution in [3.05, 3.63) is 59.2 Å². The van der Waals surface area contributed by atoms with Crippen LogP contribution in [0, 0.1) is 18.6 Å². The molecule has 0 aliphatic carbocycles. The summed E-state index contributed by atoms with van der Waals surface area (Å²) in [4.78, 5) is 0. The second-order valence-corrected chi connectivity index (χ2v) is 3.98. The van der Waals surface area contributed by atoms with Gasteiger partial charge in [-0.1, -0.05) is 6.07 Å². The van der Waals surface area contributed by atoms with Gasteiger partial charge < -0.3 is 10.5 Å². The first kappa shape index (κ1) is 12.5. The van der Waals surface area contributed by atoms with E-state index in [9.17, 15) is 8.78 Å². The predicted molar refractivity (Wildman–Crippen MR) is 65.5 cm³/mol. The Morgan fingerprint density at radius 3 is 2.39 bits per heavy atom. The van der Waals surface area contributed by atoms with Gasteiger partial charge in [0.15, 0.2) is 11.6 Å². The third kappa shape index (κ3) is 2.65. The van der Waals surface area contributed by atoms with Gasteiger partial charge in [0.1, 0.15) is 11.6 Å². The molecule has 0 bridgehead atoms. The fraction of sp³-hybridized carbons (Fsp3) is 0.143. The molecular formula is C14H13F2NO. The quantitative estimate of drug-likeness (QED) is 0.903. The molecule has 0 heterocycles. The van der Waals surface area contributed by atoms with Gasteiger partial charge >= 0.3 is 0 Å². The van der Waals surface area contributed by atoms with Crippen LogP contribution in [0.1, 0.15) is 11.1 Å². The Morgan fingerprint density at radius 2 is 1.78 bits per heavy atom. The molecule has 2 aromatic rings. The minimum absolute atomic E-state index is 0.0990. The molecule has 0 saturated carbocycles. The Bertz CT molecular complexity index is 570. The van der Waals surface area contributed by atoms with E-state index in [0.29, 0.717) is 16.9 Å². The molecule has 2 N–H and O–H groups in total. The van der Waals surface area contributed by atoms with Gasteiger partial charge in [0.25, 0.3) is 0 Å². The fourth-order valence-electron chi connectivity index (χ4n) is 1.60. The second-order valence-electron chi connectivity index (χ2n) is 3.98. The monoisotopic (exact) mass is 249 g/mol. The van der Waals surface area contributed by atoms with E-state index in [1.54, 1.807) is 13.0 Å². The first-order valence-corrected chi connectivity index (χ1v) is 5.52. The molecule has 0 spiro atoms. The van der Waals surface area contributed by atoms with Gasteiger partial charge in [0.05, 0.1) is 0 Å². The highest BCUT2D eigenvalue weighted by atomic mass is 19.1. The zero-order valence-electron chi connectivity index (χ0n) is 9.91. The molecular weight excluding hydrogens is 236 g/mol. The van der Waals surface area contributed by atoms with E-state index in [1.807, 2.05) is 0 Å². The van der Waals surface area contributed by atoms with Crippen LogP contribution < -0.4 is 10.5 Å². The maximum Gasteiger partial charge on any atom is 0.166 e. The molecule has 94 valence electrons. The number of hydrogen-bond donors (Lipinski definition) is 1. The van der Waals surface area contributed by atoms with Crippen LogP contribution in [0.25, 0.3) is 0 Å². The van der Waals surface area contributed by atoms with Gasteiger partial charge in [-0.2, -0.15) is 0 Å². The molecule has 0 radical (unpaired) electrons. The predicted octanol–water partition coefficient (Wildman–Crippen LogP) is 3.52. The lowest BCUT2D eigenvalue weighted by Crippen LogP contribution is -1.98. The first-order chi connectivity index (χ1) is 8.60. The van der Waals surface area contributed by atoms with E-state index in [4.69, 9.17) is 10.5 Å².